The monoisotopic (exact) mass is 234 g/mol. The van der Waals surface area contributed by atoms with Crippen molar-refractivity contribution < 1.29 is 10.2 Å². The third-order valence-electron chi connectivity index (χ3n) is 2.69. The Hall–Kier alpha value is -1.92. The van der Waals surface area contributed by atoms with E-state index in [4.69, 9.17) is 4.74 Å². The molecule has 0 aliphatic carbocycles. The average Bonchev–Trinajstić information content (AvgIpc) is 2.69. The van der Waals surface area contributed by atoms with Crippen LogP contribution in [0.5, 0.6) is 5.75 Å². The van der Waals surface area contributed by atoms with E-state index in [0.29, 0.717) is 17.3 Å². The van der Waals surface area contributed by atoms with E-state index in [1.54, 1.807) is 19.5 Å². The van der Waals surface area contributed by atoms with Crippen molar-refractivity contribution in [3.05, 3.63) is 35.2 Å². The minimum absolute atomic E-state index is 0.486. The first-order valence-corrected chi connectivity index (χ1v) is 5.17. The van der Waals surface area contributed by atoms with Crippen molar-refractivity contribution in [1.82, 2.24) is 14.5 Å². The highest BCUT2D eigenvalue weighted by atomic mass is 16.5. The highest BCUT2D eigenvalue weighted by Crippen LogP contribution is 2.23. The number of aryl methyl sites for hydroxylation is 1. The van der Waals surface area contributed by atoms with Gasteiger partial charge in [0.15, 0.2) is 17.3 Å². The Balaban J connectivity index is 2.55. The first-order valence-electron chi connectivity index (χ1n) is 5.17. The molecule has 2 aromatic rings. The van der Waals surface area contributed by atoms with Gasteiger partial charge in [0.05, 0.1) is 19.0 Å². The lowest BCUT2D eigenvalue weighted by atomic mass is 10.3. The van der Waals surface area contributed by atoms with Gasteiger partial charge in [0, 0.05) is 11.8 Å². The van der Waals surface area contributed by atoms with E-state index in [0.717, 1.165) is 16.9 Å². The lowest BCUT2D eigenvalue weighted by Gasteiger charge is -2.11. The Morgan fingerprint density at radius 3 is 2.65 bits per heavy atom. The van der Waals surface area contributed by atoms with Gasteiger partial charge in [-0.25, -0.2) is 9.97 Å². The standard InChI is InChI=1S/C11H14N4O2/c1-7-8(2)15(6-13-7)11-10(17-3)4-9(14-16)5-12-11/h4-6H,14H2,1-3H3. The summed E-state index contributed by atoms with van der Waals surface area (Å²) in [5.41, 5.74) is 3.16. The molecule has 0 amide bonds. The van der Waals surface area contributed by atoms with Crippen LogP contribution in [0.3, 0.4) is 0 Å². The summed E-state index contributed by atoms with van der Waals surface area (Å²) >= 11 is 0. The highest BCUT2D eigenvalue weighted by Gasteiger charge is 2.12. The summed E-state index contributed by atoms with van der Waals surface area (Å²) in [4.78, 5) is 8.44. The van der Waals surface area contributed by atoms with E-state index in [1.165, 1.54) is 6.20 Å². The smallest absolute Gasteiger partial charge is 0.181 e. The Morgan fingerprint density at radius 1 is 1.35 bits per heavy atom. The number of rotatable bonds is 3. The second-order valence-electron chi connectivity index (χ2n) is 3.70. The molecule has 0 saturated heterocycles. The maximum absolute atomic E-state index is 10.7. The molecule has 0 aliphatic rings. The third kappa shape index (κ3) is 2.00. The van der Waals surface area contributed by atoms with Gasteiger partial charge in [0.1, 0.15) is 6.33 Å². The lowest BCUT2D eigenvalue weighted by molar-refractivity contribution is -0.497. The Labute approximate surface area is 98.9 Å². The molecule has 6 heteroatoms. The van der Waals surface area contributed by atoms with Gasteiger partial charge < -0.3 is 15.4 Å². The van der Waals surface area contributed by atoms with E-state index in [1.807, 2.05) is 18.4 Å². The number of ether oxygens (including phenoxy) is 1. The number of hydrogen-bond acceptors (Lipinski definition) is 4. The predicted octanol–water partition coefficient (Wildman–Crippen LogP) is 0.585. The zero-order valence-electron chi connectivity index (χ0n) is 9.97. The van der Waals surface area contributed by atoms with Crippen LogP contribution in [0.25, 0.3) is 5.82 Å². The molecule has 6 nitrogen and oxygen atoms in total. The van der Waals surface area contributed by atoms with Crippen LogP contribution in [0.4, 0.5) is 5.69 Å². The average molecular weight is 234 g/mol. The lowest BCUT2D eigenvalue weighted by Crippen LogP contribution is -2.70. The van der Waals surface area contributed by atoms with E-state index >= 15 is 0 Å². The molecule has 0 fully saturated rings. The molecule has 90 valence electrons. The SMILES string of the molecule is COc1cc([NH2+][O-])cnc1-n1cnc(C)c1C. The van der Waals surface area contributed by atoms with Crippen molar-refractivity contribution in [1.29, 1.82) is 0 Å². The molecule has 0 aromatic carbocycles. The van der Waals surface area contributed by atoms with Crippen molar-refractivity contribution in [3.8, 4) is 11.6 Å². The number of imidazole rings is 1. The second-order valence-corrected chi connectivity index (χ2v) is 3.70. The van der Waals surface area contributed by atoms with Gasteiger partial charge in [0.2, 0.25) is 0 Å². The van der Waals surface area contributed by atoms with Crippen molar-refractivity contribution >= 4 is 5.69 Å². The largest absolute Gasteiger partial charge is 0.630 e. The zero-order chi connectivity index (χ0) is 12.4. The van der Waals surface area contributed by atoms with Gasteiger partial charge >= 0.3 is 0 Å². The minimum atomic E-state index is 0.486. The molecule has 2 rings (SSSR count). The number of nitrogens with two attached hydrogens (primary N) is 1. The minimum Gasteiger partial charge on any atom is -0.630 e. The van der Waals surface area contributed by atoms with E-state index in [2.05, 4.69) is 9.97 Å². The summed E-state index contributed by atoms with van der Waals surface area (Å²) in [6.45, 7) is 3.88. The summed E-state index contributed by atoms with van der Waals surface area (Å²) in [6.07, 6.45) is 3.20. The molecule has 0 aliphatic heterocycles. The van der Waals surface area contributed by atoms with E-state index < -0.39 is 0 Å². The Morgan fingerprint density at radius 2 is 2.12 bits per heavy atom. The first-order chi connectivity index (χ1) is 8.17. The number of nitrogens with zero attached hydrogens (tertiary/aromatic N) is 3. The van der Waals surface area contributed by atoms with Gasteiger partial charge in [-0.15, -0.1) is 0 Å². The summed E-state index contributed by atoms with van der Waals surface area (Å²) in [7, 11) is 1.55. The summed E-state index contributed by atoms with van der Waals surface area (Å²) in [5.74, 6) is 1.19. The van der Waals surface area contributed by atoms with E-state index in [-0.39, 0.29) is 0 Å². The maximum atomic E-state index is 10.7. The molecule has 2 heterocycles. The summed E-state index contributed by atoms with van der Waals surface area (Å²) in [5, 5.41) is 10.7. The molecule has 0 saturated carbocycles. The normalized spacial score (nSPS) is 10.6. The summed E-state index contributed by atoms with van der Waals surface area (Å²) < 4.78 is 7.07. The predicted molar refractivity (Wildman–Crippen MR) is 62.3 cm³/mol. The fraction of sp³-hybridized carbons (Fsp3) is 0.273. The molecule has 2 aromatic heterocycles. The van der Waals surface area contributed by atoms with Gasteiger partial charge in [-0.05, 0) is 13.8 Å². The van der Waals surface area contributed by atoms with Crippen LogP contribution in [-0.2, 0) is 0 Å². The first kappa shape index (κ1) is 11.6. The number of hydrogen-bond donors (Lipinski definition) is 1. The molecule has 0 unspecified atom stereocenters. The number of quaternary nitrogens is 1. The third-order valence-corrected chi connectivity index (χ3v) is 2.69. The molecule has 0 radical (unpaired) electrons. The van der Waals surface area contributed by atoms with Gasteiger partial charge in [-0.2, -0.15) is 0 Å². The van der Waals surface area contributed by atoms with Crippen LogP contribution >= 0.6 is 0 Å². The van der Waals surface area contributed by atoms with Crippen LogP contribution in [-0.4, -0.2) is 21.6 Å². The number of methoxy groups -OCH3 is 1. The van der Waals surface area contributed by atoms with Crippen LogP contribution in [0.1, 0.15) is 11.4 Å². The molecule has 0 spiro atoms. The molecule has 2 N–H and O–H groups in total. The van der Waals surface area contributed by atoms with Crippen LogP contribution in [0.15, 0.2) is 18.6 Å². The quantitative estimate of drug-likeness (QED) is 0.788. The second kappa shape index (κ2) is 4.52. The number of pyridine rings is 1. The molecular weight excluding hydrogens is 220 g/mol. The van der Waals surface area contributed by atoms with Crippen molar-refractivity contribution in [2.24, 2.45) is 0 Å². The van der Waals surface area contributed by atoms with Crippen molar-refractivity contribution in [2.45, 2.75) is 13.8 Å². The van der Waals surface area contributed by atoms with Crippen LogP contribution < -0.4 is 10.2 Å². The van der Waals surface area contributed by atoms with Crippen LogP contribution in [0, 0.1) is 19.1 Å². The molecule has 0 bridgehead atoms. The number of aromatic nitrogens is 3. The molecule has 0 atom stereocenters. The van der Waals surface area contributed by atoms with Crippen molar-refractivity contribution in [2.75, 3.05) is 7.11 Å². The Bertz CT molecular complexity index is 536. The van der Waals surface area contributed by atoms with E-state index in [9.17, 15) is 5.21 Å². The molecule has 17 heavy (non-hydrogen) atoms. The van der Waals surface area contributed by atoms with Gasteiger partial charge in [0.25, 0.3) is 0 Å². The molecular formula is C11H14N4O2. The van der Waals surface area contributed by atoms with Crippen LogP contribution in [0.2, 0.25) is 0 Å². The van der Waals surface area contributed by atoms with Crippen molar-refractivity contribution in [3.63, 3.8) is 0 Å². The summed E-state index contributed by atoms with van der Waals surface area (Å²) in [6, 6.07) is 1.66. The fourth-order valence-corrected chi connectivity index (χ4v) is 1.56. The van der Waals surface area contributed by atoms with Gasteiger partial charge in [-0.1, -0.05) is 0 Å². The topological polar surface area (TPSA) is 79.6 Å². The highest BCUT2D eigenvalue weighted by molar-refractivity contribution is 5.47. The van der Waals surface area contributed by atoms with Gasteiger partial charge in [-0.3, -0.25) is 4.57 Å². The fourth-order valence-electron chi connectivity index (χ4n) is 1.56. The Kier molecular flexibility index (Phi) is 3.08. The maximum Gasteiger partial charge on any atom is 0.181 e. The zero-order valence-corrected chi connectivity index (χ0v) is 9.97.